The van der Waals surface area contributed by atoms with Gasteiger partial charge in [-0.2, -0.15) is 5.26 Å². The molecule has 0 saturated carbocycles. The second-order valence-electron chi connectivity index (χ2n) is 3.12. The van der Waals surface area contributed by atoms with Crippen LogP contribution in [0.4, 0.5) is 5.69 Å². The zero-order valence-corrected chi connectivity index (χ0v) is 10.4. The molecule has 88 valence electrons. The monoisotopic (exact) mass is 269 g/mol. The molecule has 1 aromatic carbocycles. The highest BCUT2D eigenvalue weighted by atomic mass is 35.5. The first-order valence-corrected chi connectivity index (χ1v) is 5.38. The van der Waals surface area contributed by atoms with E-state index in [4.69, 9.17) is 28.5 Å². The van der Waals surface area contributed by atoms with Gasteiger partial charge in [0.15, 0.2) is 0 Å². The van der Waals surface area contributed by atoms with Gasteiger partial charge in [-0.15, -0.1) is 0 Å². The van der Waals surface area contributed by atoms with Gasteiger partial charge >= 0.3 is 0 Å². The van der Waals surface area contributed by atoms with Gasteiger partial charge in [-0.3, -0.25) is 4.79 Å². The normalized spacial score (nSPS) is 10.6. The van der Waals surface area contributed by atoms with Crippen LogP contribution in [0.5, 0.6) is 0 Å². The molecule has 0 heterocycles. The number of amides is 1. The lowest BCUT2D eigenvalue weighted by atomic mass is 10.3. The summed E-state index contributed by atoms with van der Waals surface area (Å²) in [5, 5.41) is 14.9. The van der Waals surface area contributed by atoms with Crippen LogP contribution in [0.3, 0.4) is 0 Å². The molecule has 4 nitrogen and oxygen atoms in total. The van der Waals surface area contributed by atoms with E-state index in [1.54, 1.807) is 18.2 Å². The minimum absolute atomic E-state index is 0.100. The van der Waals surface area contributed by atoms with E-state index in [1.807, 2.05) is 6.07 Å². The number of benzene rings is 1. The minimum Gasteiger partial charge on any atom is -0.358 e. The maximum Gasteiger partial charge on any atom is 0.221 e. The van der Waals surface area contributed by atoms with Gasteiger partial charge in [0.05, 0.1) is 10.7 Å². The maximum atomic E-state index is 10.8. The van der Waals surface area contributed by atoms with Crippen LogP contribution >= 0.6 is 23.2 Å². The molecule has 0 fully saturated rings. The molecular formula is C11H9Cl2N3O. The predicted molar refractivity (Wildman–Crippen MR) is 67.6 cm³/mol. The van der Waals surface area contributed by atoms with E-state index < -0.39 is 0 Å². The van der Waals surface area contributed by atoms with E-state index in [1.165, 1.54) is 13.1 Å². The van der Waals surface area contributed by atoms with Crippen LogP contribution in [0.1, 0.15) is 6.92 Å². The third-order valence-corrected chi connectivity index (χ3v) is 2.28. The number of nitrogens with one attached hydrogen (secondary N) is 2. The molecule has 1 rings (SSSR count). The van der Waals surface area contributed by atoms with E-state index in [2.05, 4.69) is 10.6 Å². The molecule has 0 radical (unpaired) electrons. The number of nitriles is 1. The summed E-state index contributed by atoms with van der Waals surface area (Å²) >= 11 is 11.7. The summed E-state index contributed by atoms with van der Waals surface area (Å²) in [6.45, 7) is 1.32. The van der Waals surface area contributed by atoms with Gasteiger partial charge in [-0.25, -0.2) is 0 Å². The molecule has 0 aliphatic heterocycles. The smallest absolute Gasteiger partial charge is 0.221 e. The van der Waals surface area contributed by atoms with Crippen molar-refractivity contribution in [2.45, 2.75) is 6.92 Å². The van der Waals surface area contributed by atoms with E-state index in [0.717, 1.165) is 0 Å². The van der Waals surface area contributed by atoms with Crippen LogP contribution in [0, 0.1) is 11.3 Å². The number of nitrogens with zero attached hydrogens (tertiary/aromatic N) is 1. The number of hydrogen-bond acceptors (Lipinski definition) is 3. The van der Waals surface area contributed by atoms with Crippen molar-refractivity contribution in [1.82, 2.24) is 5.32 Å². The minimum atomic E-state index is -0.318. The second kappa shape index (κ2) is 6.14. The number of hydrogen-bond donors (Lipinski definition) is 2. The standard InChI is InChI=1S/C11H9Cl2N3O/c1-7(17)16-9(5-14)6-15-11-3-2-8(12)4-10(11)13/h2-4,6,15H,1H3,(H,16,17)/b9-6+. The highest BCUT2D eigenvalue weighted by Crippen LogP contribution is 2.25. The average Bonchev–Trinajstić information content (AvgIpc) is 2.25. The van der Waals surface area contributed by atoms with Gasteiger partial charge in [-0.1, -0.05) is 23.2 Å². The molecule has 6 heteroatoms. The average molecular weight is 270 g/mol. The Kier molecular flexibility index (Phi) is 4.83. The summed E-state index contributed by atoms with van der Waals surface area (Å²) < 4.78 is 0. The topological polar surface area (TPSA) is 64.9 Å². The largest absolute Gasteiger partial charge is 0.358 e. The van der Waals surface area contributed by atoms with Gasteiger partial charge in [-0.05, 0) is 18.2 Å². The van der Waals surface area contributed by atoms with Crippen molar-refractivity contribution in [1.29, 1.82) is 5.26 Å². The summed E-state index contributed by atoms with van der Waals surface area (Å²) in [5.74, 6) is -0.318. The van der Waals surface area contributed by atoms with Crippen LogP contribution in [0.25, 0.3) is 0 Å². The molecular weight excluding hydrogens is 261 g/mol. The van der Waals surface area contributed by atoms with Crippen molar-refractivity contribution >= 4 is 34.8 Å². The summed E-state index contributed by atoms with van der Waals surface area (Å²) in [4.78, 5) is 10.8. The van der Waals surface area contributed by atoms with Crippen molar-refractivity contribution in [2.75, 3.05) is 5.32 Å². The Bertz CT molecular complexity index is 506. The molecule has 2 N–H and O–H groups in total. The molecule has 0 aliphatic rings. The van der Waals surface area contributed by atoms with Crippen molar-refractivity contribution in [3.63, 3.8) is 0 Å². The predicted octanol–water partition coefficient (Wildman–Crippen LogP) is 2.91. The van der Waals surface area contributed by atoms with Crippen molar-refractivity contribution in [2.24, 2.45) is 0 Å². The fourth-order valence-corrected chi connectivity index (χ4v) is 1.51. The number of halogens is 2. The molecule has 0 aromatic heterocycles. The molecule has 0 bridgehead atoms. The Morgan fingerprint density at radius 2 is 2.18 bits per heavy atom. The first-order chi connectivity index (χ1) is 8.02. The first kappa shape index (κ1) is 13.4. The van der Waals surface area contributed by atoms with Crippen LogP contribution in [0.2, 0.25) is 10.0 Å². The van der Waals surface area contributed by atoms with E-state index in [-0.39, 0.29) is 11.6 Å². The van der Waals surface area contributed by atoms with Gasteiger partial charge in [0.25, 0.3) is 0 Å². The van der Waals surface area contributed by atoms with Gasteiger partial charge < -0.3 is 10.6 Å². The number of carbonyl (C=O) groups excluding carboxylic acids is 1. The lowest BCUT2D eigenvalue weighted by Gasteiger charge is -2.05. The summed E-state index contributed by atoms with van der Waals surface area (Å²) in [6.07, 6.45) is 1.36. The third-order valence-electron chi connectivity index (χ3n) is 1.73. The zero-order chi connectivity index (χ0) is 12.8. The van der Waals surface area contributed by atoms with E-state index in [9.17, 15) is 4.79 Å². The Morgan fingerprint density at radius 3 is 2.71 bits per heavy atom. The van der Waals surface area contributed by atoms with Gasteiger partial charge in [0, 0.05) is 18.1 Å². The molecule has 0 unspecified atom stereocenters. The highest BCUT2D eigenvalue weighted by molar-refractivity contribution is 6.36. The SMILES string of the molecule is CC(=O)N/C(C#N)=C/Nc1ccc(Cl)cc1Cl. The number of rotatable bonds is 3. The molecule has 0 saturated heterocycles. The third kappa shape index (κ3) is 4.35. The van der Waals surface area contributed by atoms with Crippen molar-refractivity contribution in [3.05, 3.63) is 40.1 Å². The Hall–Kier alpha value is -1.70. The van der Waals surface area contributed by atoms with Crippen molar-refractivity contribution < 1.29 is 4.79 Å². The number of anilines is 1. The van der Waals surface area contributed by atoms with E-state index in [0.29, 0.717) is 15.7 Å². The lowest BCUT2D eigenvalue weighted by Crippen LogP contribution is -2.18. The first-order valence-electron chi connectivity index (χ1n) is 4.62. The summed E-state index contributed by atoms with van der Waals surface area (Å²) in [5.41, 5.74) is 0.692. The molecule has 0 atom stereocenters. The quantitative estimate of drug-likeness (QED) is 0.830. The molecule has 0 aliphatic carbocycles. The van der Waals surface area contributed by atoms with Crippen molar-refractivity contribution in [3.8, 4) is 6.07 Å². The van der Waals surface area contributed by atoms with Crippen LogP contribution in [0.15, 0.2) is 30.1 Å². The maximum absolute atomic E-state index is 10.8. The number of carbonyl (C=O) groups is 1. The van der Waals surface area contributed by atoms with E-state index >= 15 is 0 Å². The lowest BCUT2D eigenvalue weighted by molar-refractivity contribution is -0.118. The Balaban J connectivity index is 2.81. The summed E-state index contributed by atoms with van der Waals surface area (Å²) in [7, 11) is 0. The van der Waals surface area contributed by atoms with Gasteiger partial charge in [0.1, 0.15) is 11.8 Å². The molecule has 17 heavy (non-hydrogen) atoms. The number of allylic oxidation sites excluding steroid dienone is 1. The highest BCUT2D eigenvalue weighted by Gasteiger charge is 2.01. The summed E-state index contributed by atoms with van der Waals surface area (Å²) in [6, 6.07) is 6.74. The zero-order valence-electron chi connectivity index (χ0n) is 8.92. The molecule has 0 spiro atoms. The second-order valence-corrected chi connectivity index (χ2v) is 3.96. The fourth-order valence-electron chi connectivity index (χ4n) is 1.04. The van der Waals surface area contributed by atoms with Gasteiger partial charge in [0.2, 0.25) is 5.91 Å². The van der Waals surface area contributed by atoms with Crippen LogP contribution < -0.4 is 10.6 Å². The molecule has 1 amide bonds. The Morgan fingerprint density at radius 1 is 1.47 bits per heavy atom. The van der Waals surface area contributed by atoms with Crippen LogP contribution in [-0.4, -0.2) is 5.91 Å². The Labute approximate surface area is 109 Å². The van der Waals surface area contributed by atoms with Crippen LogP contribution in [-0.2, 0) is 4.79 Å². The molecule has 1 aromatic rings. The fraction of sp³-hybridized carbons (Fsp3) is 0.0909.